The monoisotopic (exact) mass is 342 g/mol. The van der Waals surface area contributed by atoms with E-state index in [0.29, 0.717) is 50.1 Å². The van der Waals surface area contributed by atoms with Crippen molar-refractivity contribution in [1.82, 2.24) is 9.88 Å². The van der Waals surface area contributed by atoms with Crippen molar-refractivity contribution in [1.29, 1.82) is 0 Å². The van der Waals surface area contributed by atoms with E-state index in [1.165, 1.54) is 0 Å². The molecule has 0 saturated carbocycles. The first kappa shape index (κ1) is 16.1. The van der Waals surface area contributed by atoms with Gasteiger partial charge in [-0.1, -0.05) is 6.07 Å². The number of likely N-dealkylation sites (tertiary alicyclic amines) is 1. The van der Waals surface area contributed by atoms with Crippen molar-refractivity contribution >= 4 is 5.91 Å². The average molecular weight is 342 g/mol. The predicted molar refractivity (Wildman–Crippen MR) is 90.6 cm³/mol. The Hall–Kier alpha value is -2.34. The van der Waals surface area contributed by atoms with Crippen LogP contribution in [0.2, 0.25) is 0 Å². The molecule has 6 nitrogen and oxygen atoms in total. The maximum absolute atomic E-state index is 12.9. The number of aryl methyl sites for hydroxylation is 2. The van der Waals surface area contributed by atoms with Crippen LogP contribution in [0.25, 0.3) is 0 Å². The largest absolute Gasteiger partial charge is 0.477 e. The van der Waals surface area contributed by atoms with Crippen LogP contribution in [0.1, 0.15) is 21.9 Å². The van der Waals surface area contributed by atoms with E-state index in [1.807, 2.05) is 43.0 Å². The Balaban J connectivity index is 1.49. The molecule has 0 aliphatic carbocycles. The van der Waals surface area contributed by atoms with Crippen LogP contribution in [0.5, 0.6) is 5.88 Å². The summed E-state index contributed by atoms with van der Waals surface area (Å²) in [6, 6.07) is 7.42. The summed E-state index contributed by atoms with van der Waals surface area (Å²) < 4.78 is 17.1. The van der Waals surface area contributed by atoms with Crippen molar-refractivity contribution < 1.29 is 18.7 Å². The van der Waals surface area contributed by atoms with Gasteiger partial charge < -0.3 is 18.8 Å². The lowest BCUT2D eigenvalue weighted by molar-refractivity contribution is 0.0654. The number of nitrogens with zero attached hydrogens (tertiary/aromatic N) is 2. The molecule has 0 spiro atoms. The third-order valence-electron chi connectivity index (χ3n) is 5.22. The molecule has 0 radical (unpaired) electrons. The lowest BCUT2D eigenvalue weighted by Crippen LogP contribution is -2.38. The second-order valence-corrected chi connectivity index (χ2v) is 7.04. The zero-order valence-electron chi connectivity index (χ0n) is 14.5. The Labute approximate surface area is 146 Å². The van der Waals surface area contributed by atoms with Crippen LogP contribution in [0.15, 0.2) is 34.9 Å². The van der Waals surface area contributed by atoms with Crippen LogP contribution >= 0.6 is 0 Å². The van der Waals surface area contributed by atoms with E-state index < -0.39 is 0 Å². The predicted octanol–water partition coefficient (Wildman–Crippen LogP) is 2.46. The highest BCUT2D eigenvalue weighted by molar-refractivity contribution is 5.95. The highest BCUT2D eigenvalue weighted by Crippen LogP contribution is 2.42. The van der Waals surface area contributed by atoms with E-state index in [-0.39, 0.29) is 17.2 Å². The molecule has 2 aliphatic heterocycles. The van der Waals surface area contributed by atoms with E-state index in [1.54, 1.807) is 6.20 Å². The first-order valence-corrected chi connectivity index (χ1v) is 8.55. The molecule has 2 aliphatic rings. The molecule has 4 rings (SSSR count). The molecule has 2 atom stereocenters. The van der Waals surface area contributed by atoms with E-state index in [4.69, 9.17) is 13.9 Å². The van der Waals surface area contributed by atoms with E-state index >= 15 is 0 Å². The minimum atomic E-state index is -0.167. The molecule has 0 unspecified atom stereocenters. The number of pyridine rings is 1. The van der Waals surface area contributed by atoms with Gasteiger partial charge in [0.15, 0.2) is 0 Å². The second kappa shape index (κ2) is 6.19. The zero-order chi connectivity index (χ0) is 17.4. The summed E-state index contributed by atoms with van der Waals surface area (Å²) in [5, 5.41) is 0. The van der Waals surface area contributed by atoms with Gasteiger partial charge in [0, 0.05) is 31.3 Å². The normalized spacial score (nSPS) is 25.2. The number of carbonyl (C=O) groups is 1. The summed E-state index contributed by atoms with van der Waals surface area (Å²) >= 11 is 0. The molecular formula is C19H22N2O4. The van der Waals surface area contributed by atoms with E-state index in [2.05, 4.69) is 4.98 Å². The molecule has 0 bridgehead atoms. The molecule has 2 aromatic rings. The lowest BCUT2D eigenvalue weighted by atomic mass is 9.82. The fourth-order valence-electron chi connectivity index (χ4n) is 3.85. The van der Waals surface area contributed by atoms with Gasteiger partial charge in [0.05, 0.1) is 30.8 Å². The molecule has 4 heterocycles. The van der Waals surface area contributed by atoms with E-state index in [0.717, 1.165) is 5.76 Å². The number of hydrogen-bond acceptors (Lipinski definition) is 5. The molecule has 25 heavy (non-hydrogen) atoms. The molecule has 2 aromatic heterocycles. The van der Waals surface area contributed by atoms with Crippen LogP contribution in [0.4, 0.5) is 0 Å². The van der Waals surface area contributed by atoms with Gasteiger partial charge in [-0.2, -0.15) is 0 Å². The molecule has 0 N–H and O–H groups in total. The second-order valence-electron chi connectivity index (χ2n) is 7.04. The smallest absolute Gasteiger partial charge is 0.257 e. The van der Waals surface area contributed by atoms with Gasteiger partial charge >= 0.3 is 0 Å². The summed E-state index contributed by atoms with van der Waals surface area (Å²) in [6.45, 7) is 6.79. The SMILES string of the molecule is Cc1cc(C(=O)N2C[C@@H]3COC[C@@]3(COc3ccccn3)C2)c(C)o1. The highest BCUT2D eigenvalue weighted by Gasteiger charge is 2.52. The minimum absolute atomic E-state index is 0.0287. The van der Waals surface area contributed by atoms with Gasteiger partial charge in [0.2, 0.25) is 5.88 Å². The van der Waals surface area contributed by atoms with Crippen molar-refractivity contribution in [3.05, 3.63) is 47.5 Å². The minimum Gasteiger partial charge on any atom is -0.477 e. The fraction of sp³-hybridized carbons (Fsp3) is 0.474. The summed E-state index contributed by atoms with van der Waals surface area (Å²) in [4.78, 5) is 19.0. The molecule has 6 heteroatoms. The molecule has 2 saturated heterocycles. The average Bonchev–Trinajstić information content (AvgIpc) is 3.25. The fourth-order valence-corrected chi connectivity index (χ4v) is 3.85. The molecular weight excluding hydrogens is 320 g/mol. The maximum atomic E-state index is 12.9. The molecule has 1 amide bonds. The number of hydrogen-bond donors (Lipinski definition) is 0. The van der Waals surface area contributed by atoms with E-state index in [9.17, 15) is 4.79 Å². The summed E-state index contributed by atoms with van der Waals surface area (Å²) in [6.07, 6.45) is 1.71. The Morgan fingerprint density at radius 3 is 3.04 bits per heavy atom. The first-order valence-electron chi connectivity index (χ1n) is 8.55. The van der Waals surface area contributed by atoms with Gasteiger partial charge in [-0.3, -0.25) is 4.79 Å². The van der Waals surface area contributed by atoms with Crippen LogP contribution in [-0.4, -0.2) is 48.7 Å². The van der Waals surface area contributed by atoms with Gasteiger partial charge in [-0.15, -0.1) is 0 Å². The standard InChI is InChI=1S/C19H22N2O4/c1-13-7-16(14(2)25-13)18(22)21-8-15-9-23-11-19(15,10-21)12-24-17-5-3-4-6-20-17/h3-7,15H,8-12H2,1-2H3/t15-,19-/m1/s1. The summed E-state index contributed by atoms with van der Waals surface area (Å²) in [5.41, 5.74) is 0.485. The van der Waals surface area contributed by atoms with Crippen LogP contribution in [0.3, 0.4) is 0 Å². The third-order valence-corrected chi connectivity index (χ3v) is 5.22. The number of carbonyl (C=O) groups excluding carboxylic acids is 1. The molecule has 2 fully saturated rings. The van der Waals surface area contributed by atoms with Gasteiger partial charge in [-0.25, -0.2) is 4.98 Å². The number of furan rings is 1. The summed E-state index contributed by atoms with van der Waals surface area (Å²) in [7, 11) is 0. The Bertz CT molecular complexity index is 773. The van der Waals surface area contributed by atoms with Gasteiger partial charge in [0.1, 0.15) is 11.5 Å². The first-order chi connectivity index (χ1) is 12.1. The number of rotatable bonds is 4. The number of fused-ring (bicyclic) bond motifs is 1. The topological polar surface area (TPSA) is 64.8 Å². The van der Waals surface area contributed by atoms with Crippen LogP contribution in [0, 0.1) is 25.2 Å². The third kappa shape index (κ3) is 2.91. The van der Waals surface area contributed by atoms with Gasteiger partial charge in [0.25, 0.3) is 5.91 Å². The van der Waals surface area contributed by atoms with Crippen LogP contribution < -0.4 is 4.74 Å². The lowest BCUT2D eigenvalue weighted by Gasteiger charge is -2.26. The Morgan fingerprint density at radius 2 is 2.32 bits per heavy atom. The zero-order valence-corrected chi connectivity index (χ0v) is 14.5. The number of ether oxygens (including phenoxy) is 2. The van der Waals surface area contributed by atoms with Crippen LogP contribution in [-0.2, 0) is 4.74 Å². The number of amides is 1. The summed E-state index contributed by atoms with van der Waals surface area (Å²) in [5.74, 6) is 2.36. The Kier molecular flexibility index (Phi) is 4.00. The number of aromatic nitrogens is 1. The highest BCUT2D eigenvalue weighted by atomic mass is 16.5. The molecule has 132 valence electrons. The Morgan fingerprint density at radius 1 is 1.44 bits per heavy atom. The van der Waals surface area contributed by atoms with Crippen molar-refractivity contribution in [2.45, 2.75) is 13.8 Å². The van der Waals surface area contributed by atoms with Crippen molar-refractivity contribution in [2.24, 2.45) is 11.3 Å². The molecule has 0 aromatic carbocycles. The van der Waals surface area contributed by atoms with Crippen molar-refractivity contribution in [3.8, 4) is 5.88 Å². The van der Waals surface area contributed by atoms with Gasteiger partial charge in [-0.05, 0) is 26.0 Å². The van der Waals surface area contributed by atoms with Crippen molar-refractivity contribution in [3.63, 3.8) is 0 Å². The maximum Gasteiger partial charge on any atom is 0.257 e. The van der Waals surface area contributed by atoms with Crippen molar-refractivity contribution in [2.75, 3.05) is 32.9 Å². The quantitative estimate of drug-likeness (QED) is 0.854.